The van der Waals surface area contributed by atoms with Gasteiger partial charge in [0, 0.05) is 6.61 Å². The van der Waals surface area contributed by atoms with Gasteiger partial charge < -0.3 is 15.6 Å². The summed E-state index contributed by atoms with van der Waals surface area (Å²) in [7, 11) is 0. The van der Waals surface area contributed by atoms with E-state index in [-0.39, 0.29) is 25.1 Å². The summed E-state index contributed by atoms with van der Waals surface area (Å²) < 4.78 is 5.23. The van der Waals surface area contributed by atoms with E-state index in [1.807, 2.05) is 0 Å². The minimum atomic E-state index is -0.665. The van der Waals surface area contributed by atoms with Gasteiger partial charge in [-0.05, 0) is 32.1 Å². The molecule has 0 aromatic heterocycles. The third-order valence-corrected chi connectivity index (χ3v) is 2.58. The fourth-order valence-electron chi connectivity index (χ4n) is 1.69. The van der Waals surface area contributed by atoms with Gasteiger partial charge in [-0.1, -0.05) is 6.42 Å². The van der Waals surface area contributed by atoms with Gasteiger partial charge in [-0.2, -0.15) is 0 Å². The molecule has 1 aliphatic carbocycles. The first-order chi connectivity index (χ1) is 6.74. The Labute approximate surface area is 84.4 Å². The Hall–Kier alpha value is -0.610. The van der Waals surface area contributed by atoms with Crippen molar-refractivity contribution in [1.29, 1.82) is 0 Å². The van der Waals surface area contributed by atoms with Crippen molar-refractivity contribution in [2.45, 2.75) is 50.7 Å². The first-order valence-electron chi connectivity index (χ1n) is 5.31. The number of rotatable bonds is 4. The number of aliphatic hydroxyl groups is 1. The first-order valence-corrected chi connectivity index (χ1v) is 5.31. The number of esters is 1. The smallest absolute Gasteiger partial charge is 0.323 e. The van der Waals surface area contributed by atoms with E-state index in [2.05, 4.69) is 0 Å². The molecule has 14 heavy (non-hydrogen) atoms. The van der Waals surface area contributed by atoms with Gasteiger partial charge in [-0.3, -0.25) is 4.79 Å². The number of hydrogen-bond acceptors (Lipinski definition) is 4. The maximum absolute atomic E-state index is 11.3. The van der Waals surface area contributed by atoms with Crippen LogP contribution in [0.1, 0.15) is 38.5 Å². The summed E-state index contributed by atoms with van der Waals surface area (Å²) in [6, 6.07) is -0.665. The number of nitrogens with two attached hydrogens (primary N) is 1. The van der Waals surface area contributed by atoms with Crippen LogP contribution in [0.5, 0.6) is 0 Å². The molecular weight excluding hydrogens is 182 g/mol. The summed E-state index contributed by atoms with van der Waals surface area (Å²) in [5.41, 5.74) is 5.51. The maximum Gasteiger partial charge on any atom is 0.323 e. The molecule has 82 valence electrons. The summed E-state index contributed by atoms with van der Waals surface area (Å²) in [6.07, 6.45) is 5.75. The Morgan fingerprint density at radius 1 is 1.43 bits per heavy atom. The Morgan fingerprint density at radius 3 is 2.64 bits per heavy atom. The van der Waals surface area contributed by atoms with Gasteiger partial charge in [-0.15, -0.1) is 0 Å². The van der Waals surface area contributed by atoms with Gasteiger partial charge in [0.25, 0.3) is 0 Å². The number of aliphatic hydroxyl groups excluding tert-OH is 1. The zero-order chi connectivity index (χ0) is 10.4. The number of carbonyl (C=O) groups is 1. The van der Waals surface area contributed by atoms with Crippen LogP contribution in [0, 0.1) is 0 Å². The topological polar surface area (TPSA) is 72.5 Å². The van der Waals surface area contributed by atoms with Crippen molar-refractivity contribution in [3.8, 4) is 0 Å². The van der Waals surface area contributed by atoms with Crippen LogP contribution in [0.25, 0.3) is 0 Å². The zero-order valence-corrected chi connectivity index (χ0v) is 8.45. The average Bonchev–Trinajstić information content (AvgIpc) is 2.19. The van der Waals surface area contributed by atoms with E-state index in [9.17, 15) is 4.79 Å². The van der Waals surface area contributed by atoms with Crippen molar-refractivity contribution < 1.29 is 14.6 Å². The summed E-state index contributed by atoms with van der Waals surface area (Å²) in [5, 5.41) is 8.60. The molecule has 0 aromatic carbocycles. The van der Waals surface area contributed by atoms with Gasteiger partial charge in [0.2, 0.25) is 0 Å². The summed E-state index contributed by atoms with van der Waals surface area (Å²) in [6.45, 7) is -0.0685. The lowest BCUT2D eigenvalue weighted by molar-refractivity contribution is -0.152. The van der Waals surface area contributed by atoms with Crippen molar-refractivity contribution >= 4 is 5.97 Å². The van der Waals surface area contributed by atoms with Crippen LogP contribution in [-0.4, -0.2) is 29.8 Å². The van der Waals surface area contributed by atoms with Crippen LogP contribution < -0.4 is 5.73 Å². The van der Waals surface area contributed by atoms with Gasteiger partial charge in [-0.25, -0.2) is 0 Å². The highest BCUT2D eigenvalue weighted by atomic mass is 16.5. The molecule has 4 heteroatoms. The summed E-state index contributed by atoms with van der Waals surface area (Å²) in [5.74, 6) is -0.369. The van der Waals surface area contributed by atoms with Gasteiger partial charge in [0.1, 0.15) is 12.1 Å². The van der Waals surface area contributed by atoms with Gasteiger partial charge in [0.05, 0.1) is 0 Å². The van der Waals surface area contributed by atoms with E-state index in [0.29, 0.717) is 0 Å². The zero-order valence-electron chi connectivity index (χ0n) is 8.45. The molecule has 0 bridgehead atoms. The SMILES string of the molecule is N[C@H](CCO)C(=O)OC1CCCCC1. The minimum Gasteiger partial charge on any atom is -0.461 e. The van der Waals surface area contributed by atoms with E-state index < -0.39 is 6.04 Å². The van der Waals surface area contributed by atoms with E-state index in [4.69, 9.17) is 15.6 Å². The first kappa shape index (κ1) is 11.5. The maximum atomic E-state index is 11.3. The second-order valence-corrected chi connectivity index (χ2v) is 3.82. The van der Waals surface area contributed by atoms with Crippen molar-refractivity contribution in [1.82, 2.24) is 0 Å². The average molecular weight is 201 g/mol. The molecule has 1 saturated carbocycles. The van der Waals surface area contributed by atoms with Crippen molar-refractivity contribution in [2.24, 2.45) is 5.73 Å². The number of carbonyl (C=O) groups excluding carboxylic acids is 1. The monoisotopic (exact) mass is 201 g/mol. The van der Waals surface area contributed by atoms with Crippen LogP contribution >= 0.6 is 0 Å². The quantitative estimate of drug-likeness (QED) is 0.652. The molecule has 1 atom stereocenters. The molecule has 1 aliphatic rings. The van der Waals surface area contributed by atoms with Crippen LogP contribution in [0.3, 0.4) is 0 Å². The fourth-order valence-corrected chi connectivity index (χ4v) is 1.69. The predicted molar refractivity (Wildman–Crippen MR) is 52.6 cm³/mol. The summed E-state index contributed by atoms with van der Waals surface area (Å²) in [4.78, 5) is 11.3. The van der Waals surface area contributed by atoms with Gasteiger partial charge in [0.15, 0.2) is 0 Å². The predicted octanol–water partition coefficient (Wildman–Crippen LogP) is 0.572. The third-order valence-electron chi connectivity index (χ3n) is 2.58. The van der Waals surface area contributed by atoms with Crippen LogP contribution in [-0.2, 0) is 9.53 Å². The second kappa shape index (κ2) is 5.98. The van der Waals surface area contributed by atoms with E-state index in [0.717, 1.165) is 25.7 Å². The van der Waals surface area contributed by atoms with Crippen LogP contribution in [0.4, 0.5) is 0 Å². The molecule has 0 amide bonds. The van der Waals surface area contributed by atoms with Crippen molar-refractivity contribution in [3.05, 3.63) is 0 Å². The molecular formula is C10H19NO3. The summed E-state index contributed by atoms with van der Waals surface area (Å²) >= 11 is 0. The van der Waals surface area contributed by atoms with Crippen LogP contribution in [0.2, 0.25) is 0 Å². The second-order valence-electron chi connectivity index (χ2n) is 3.82. The molecule has 1 rings (SSSR count). The molecule has 0 spiro atoms. The number of ether oxygens (including phenoxy) is 1. The highest BCUT2D eigenvalue weighted by molar-refractivity contribution is 5.75. The van der Waals surface area contributed by atoms with E-state index in [1.54, 1.807) is 0 Å². The standard InChI is InChI=1S/C10H19NO3/c11-9(6-7-12)10(13)14-8-4-2-1-3-5-8/h8-9,12H,1-7,11H2/t9-/m1/s1. The fraction of sp³-hybridized carbons (Fsp3) is 0.900. The highest BCUT2D eigenvalue weighted by Gasteiger charge is 2.21. The highest BCUT2D eigenvalue weighted by Crippen LogP contribution is 2.20. The molecule has 3 N–H and O–H groups in total. The Balaban J connectivity index is 2.24. The minimum absolute atomic E-state index is 0.0565. The van der Waals surface area contributed by atoms with E-state index in [1.165, 1.54) is 6.42 Å². The molecule has 0 radical (unpaired) electrons. The molecule has 0 aromatic rings. The molecule has 0 unspecified atom stereocenters. The normalized spacial score (nSPS) is 20.4. The Bertz CT molecular complexity index is 178. The van der Waals surface area contributed by atoms with Gasteiger partial charge >= 0.3 is 5.97 Å². The molecule has 4 nitrogen and oxygen atoms in total. The van der Waals surface area contributed by atoms with Crippen LogP contribution in [0.15, 0.2) is 0 Å². The largest absolute Gasteiger partial charge is 0.461 e. The number of hydrogen-bond donors (Lipinski definition) is 2. The lowest BCUT2D eigenvalue weighted by Crippen LogP contribution is -2.36. The lowest BCUT2D eigenvalue weighted by atomic mass is 9.98. The lowest BCUT2D eigenvalue weighted by Gasteiger charge is -2.23. The van der Waals surface area contributed by atoms with E-state index >= 15 is 0 Å². The molecule has 0 aliphatic heterocycles. The molecule has 0 saturated heterocycles. The molecule has 0 heterocycles. The Kier molecular flexibility index (Phi) is 4.90. The molecule has 1 fully saturated rings. The third kappa shape index (κ3) is 3.64. The van der Waals surface area contributed by atoms with Crippen molar-refractivity contribution in [3.63, 3.8) is 0 Å². The van der Waals surface area contributed by atoms with Crippen molar-refractivity contribution in [2.75, 3.05) is 6.61 Å². The Morgan fingerprint density at radius 2 is 2.07 bits per heavy atom.